The summed E-state index contributed by atoms with van der Waals surface area (Å²) in [6, 6.07) is 0. The largest absolute Gasteiger partial charge is 0.343 e. The molecule has 0 aromatic heterocycles. The number of unbranched alkanes of at least 4 members (excludes halogenated alkanes) is 3. The maximum Gasteiger partial charge on any atom is 0.222 e. The van der Waals surface area contributed by atoms with Gasteiger partial charge in [0.25, 0.3) is 0 Å². The van der Waals surface area contributed by atoms with E-state index < -0.39 is 0 Å². The molecular weight excluding hydrogens is 278 g/mol. The summed E-state index contributed by atoms with van der Waals surface area (Å²) in [5.41, 5.74) is 0. The second-order valence-electron chi connectivity index (χ2n) is 5.21. The van der Waals surface area contributed by atoms with E-state index in [1.54, 1.807) is 0 Å². The lowest BCUT2D eigenvalue weighted by Crippen LogP contribution is -2.39. The summed E-state index contributed by atoms with van der Waals surface area (Å²) in [6.07, 6.45) is 7.85. The summed E-state index contributed by atoms with van der Waals surface area (Å²) in [5.74, 6) is 1.13. The Kier molecular flexibility index (Phi) is 7.17. The molecule has 17 heavy (non-hydrogen) atoms. The molecule has 1 fully saturated rings. The zero-order valence-electron chi connectivity index (χ0n) is 11.3. The number of carbonyl (C=O) groups is 1. The molecule has 0 saturated carbocycles. The third kappa shape index (κ3) is 5.41. The summed E-state index contributed by atoms with van der Waals surface area (Å²) in [5, 5.41) is 0. The average Bonchev–Trinajstić information content (AvgIpc) is 2.34. The van der Waals surface area contributed by atoms with Crippen LogP contribution in [-0.2, 0) is 4.79 Å². The quantitative estimate of drug-likeness (QED) is 0.537. The molecule has 0 N–H and O–H groups in total. The molecule has 0 spiro atoms. The highest BCUT2D eigenvalue weighted by Crippen LogP contribution is 2.25. The maximum absolute atomic E-state index is 12.0. The molecule has 1 amide bonds. The van der Waals surface area contributed by atoms with Gasteiger partial charge in [-0.25, -0.2) is 0 Å². The first-order valence-corrected chi connectivity index (χ1v) is 7.98. The first-order valence-electron chi connectivity index (χ1n) is 7.07. The first-order chi connectivity index (χ1) is 8.15. The molecule has 0 aliphatic carbocycles. The number of hydrogen-bond donors (Lipinski definition) is 0. The predicted molar refractivity (Wildman–Crippen MR) is 76.5 cm³/mol. The minimum Gasteiger partial charge on any atom is -0.343 e. The van der Waals surface area contributed by atoms with E-state index in [2.05, 4.69) is 34.7 Å². The third-order valence-electron chi connectivity index (χ3n) is 3.79. The molecule has 1 heterocycles. The maximum atomic E-state index is 12.0. The number of nitrogens with zero attached hydrogens (tertiary/aromatic N) is 1. The third-order valence-corrected chi connectivity index (χ3v) is 4.53. The Bertz CT molecular complexity index is 222. The minimum absolute atomic E-state index is 0.377. The van der Waals surface area contributed by atoms with Crippen molar-refractivity contribution in [3.63, 3.8) is 0 Å². The molecular formula is C14H26BrNO. The monoisotopic (exact) mass is 303 g/mol. The lowest BCUT2D eigenvalue weighted by Gasteiger charge is -2.33. The molecule has 1 aliphatic rings. The van der Waals surface area contributed by atoms with Gasteiger partial charge < -0.3 is 4.90 Å². The highest BCUT2D eigenvalue weighted by Gasteiger charge is 2.24. The van der Waals surface area contributed by atoms with Crippen LogP contribution in [0.5, 0.6) is 0 Å². The predicted octanol–water partition coefficient (Wildman–Crippen LogP) is 3.98. The molecule has 0 aromatic rings. The van der Waals surface area contributed by atoms with E-state index in [4.69, 9.17) is 0 Å². The van der Waals surface area contributed by atoms with Crippen molar-refractivity contribution in [3.8, 4) is 0 Å². The molecule has 1 unspecified atom stereocenters. The molecule has 0 bridgehead atoms. The Morgan fingerprint density at radius 2 is 1.94 bits per heavy atom. The van der Waals surface area contributed by atoms with Crippen LogP contribution >= 0.6 is 15.9 Å². The molecule has 100 valence electrons. The standard InChI is InChI=1S/C14H26BrNO/c1-3-4-5-6-7-14(17)16-10-8-13(9-11-16)12(2)15/h12-13H,3-11H2,1-2H3. The Balaban J connectivity index is 2.17. The topological polar surface area (TPSA) is 20.3 Å². The molecule has 1 rings (SSSR count). The summed E-state index contributed by atoms with van der Waals surface area (Å²) in [4.78, 5) is 14.6. The highest BCUT2D eigenvalue weighted by molar-refractivity contribution is 9.09. The van der Waals surface area contributed by atoms with E-state index in [0.29, 0.717) is 10.7 Å². The van der Waals surface area contributed by atoms with Crippen molar-refractivity contribution in [1.82, 2.24) is 4.90 Å². The van der Waals surface area contributed by atoms with Crippen molar-refractivity contribution >= 4 is 21.8 Å². The summed E-state index contributed by atoms with van der Waals surface area (Å²) < 4.78 is 0. The van der Waals surface area contributed by atoms with Gasteiger partial charge in [-0.2, -0.15) is 0 Å². The van der Waals surface area contributed by atoms with Gasteiger partial charge >= 0.3 is 0 Å². The van der Waals surface area contributed by atoms with E-state index in [1.165, 1.54) is 19.3 Å². The van der Waals surface area contributed by atoms with Gasteiger partial charge in [0.1, 0.15) is 0 Å². The van der Waals surface area contributed by atoms with Crippen LogP contribution in [0.25, 0.3) is 0 Å². The molecule has 1 saturated heterocycles. The number of hydrogen-bond acceptors (Lipinski definition) is 1. The SMILES string of the molecule is CCCCCCC(=O)N1CCC(C(C)Br)CC1. The second-order valence-corrected chi connectivity index (χ2v) is 6.65. The minimum atomic E-state index is 0.377. The van der Waals surface area contributed by atoms with Gasteiger partial charge in [-0.3, -0.25) is 4.79 Å². The van der Waals surface area contributed by atoms with Crippen LogP contribution in [0.2, 0.25) is 0 Å². The van der Waals surface area contributed by atoms with Crippen LogP contribution in [0.3, 0.4) is 0 Å². The van der Waals surface area contributed by atoms with Crippen molar-refractivity contribution in [3.05, 3.63) is 0 Å². The Hall–Kier alpha value is -0.0500. The first kappa shape index (κ1) is 15.0. The van der Waals surface area contributed by atoms with Crippen LogP contribution in [0.4, 0.5) is 0 Å². The molecule has 0 aromatic carbocycles. The van der Waals surface area contributed by atoms with Gasteiger partial charge in [0, 0.05) is 24.3 Å². The van der Waals surface area contributed by atoms with Crippen molar-refractivity contribution in [2.24, 2.45) is 5.92 Å². The van der Waals surface area contributed by atoms with E-state index in [1.807, 2.05) is 0 Å². The second kappa shape index (κ2) is 8.12. The average molecular weight is 304 g/mol. The van der Waals surface area contributed by atoms with Crippen molar-refractivity contribution in [1.29, 1.82) is 0 Å². The number of alkyl halides is 1. The number of carbonyl (C=O) groups excluding carboxylic acids is 1. The zero-order chi connectivity index (χ0) is 12.7. The number of halogens is 1. The fourth-order valence-electron chi connectivity index (χ4n) is 2.47. The number of piperidine rings is 1. The van der Waals surface area contributed by atoms with E-state index in [0.717, 1.165) is 44.7 Å². The van der Waals surface area contributed by atoms with Gasteiger partial charge in [0.05, 0.1) is 0 Å². The molecule has 3 heteroatoms. The van der Waals surface area contributed by atoms with E-state index >= 15 is 0 Å². The van der Waals surface area contributed by atoms with Crippen LogP contribution in [0.1, 0.15) is 58.8 Å². The van der Waals surface area contributed by atoms with Crippen LogP contribution in [0.15, 0.2) is 0 Å². The lowest BCUT2D eigenvalue weighted by molar-refractivity contribution is -0.132. The van der Waals surface area contributed by atoms with Crippen LogP contribution < -0.4 is 0 Å². The Morgan fingerprint density at radius 3 is 2.47 bits per heavy atom. The summed E-state index contributed by atoms with van der Waals surface area (Å²) in [6.45, 7) is 6.35. The summed E-state index contributed by atoms with van der Waals surface area (Å²) in [7, 11) is 0. The normalized spacial score (nSPS) is 19.4. The van der Waals surface area contributed by atoms with Crippen LogP contribution in [-0.4, -0.2) is 28.7 Å². The van der Waals surface area contributed by atoms with E-state index in [9.17, 15) is 4.79 Å². The molecule has 1 atom stereocenters. The van der Waals surface area contributed by atoms with Gasteiger partial charge in [0.2, 0.25) is 5.91 Å². The molecule has 0 radical (unpaired) electrons. The van der Waals surface area contributed by atoms with Gasteiger partial charge in [-0.15, -0.1) is 0 Å². The highest BCUT2D eigenvalue weighted by atomic mass is 79.9. The van der Waals surface area contributed by atoms with Gasteiger partial charge in [0.15, 0.2) is 0 Å². The number of amides is 1. The lowest BCUT2D eigenvalue weighted by atomic mass is 9.94. The van der Waals surface area contributed by atoms with Gasteiger partial charge in [-0.1, -0.05) is 49.0 Å². The molecule has 1 aliphatic heterocycles. The van der Waals surface area contributed by atoms with Crippen molar-refractivity contribution in [2.75, 3.05) is 13.1 Å². The van der Waals surface area contributed by atoms with Crippen molar-refractivity contribution in [2.45, 2.75) is 63.6 Å². The number of likely N-dealkylation sites (tertiary alicyclic amines) is 1. The molecule has 2 nitrogen and oxygen atoms in total. The zero-order valence-corrected chi connectivity index (χ0v) is 12.8. The van der Waals surface area contributed by atoms with Gasteiger partial charge in [-0.05, 0) is 25.2 Å². The van der Waals surface area contributed by atoms with Crippen LogP contribution in [0, 0.1) is 5.92 Å². The van der Waals surface area contributed by atoms with E-state index in [-0.39, 0.29) is 0 Å². The Morgan fingerprint density at radius 1 is 1.29 bits per heavy atom. The Labute approximate surface area is 114 Å². The number of rotatable bonds is 6. The van der Waals surface area contributed by atoms with Crippen molar-refractivity contribution < 1.29 is 4.79 Å². The fourth-order valence-corrected chi connectivity index (χ4v) is 3.00. The fraction of sp³-hybridized carbons (Fsp3) is 0.929. The smallest absolute Gasteiger partial charge is 0.222 e. The summed E-state index contributed by atoms with van der Waals surface area (Å²) >= 11 is 3.65.